The molecule has 0 fully saturated rings. The molecule has 0 aromatic heterocycles. The molecule has 6 atom stereocenters. The number of carboxylic acids is 3. The van der Waals surface area contributed by atoms with E-state index in [0.717, 1.165) is 6.92 Å². The van der Waals surface area contributed by atoms with Gasteiger partial charge < -0.3 is 63.8 Å². The lowest BCUT2D eigenvalue weighted by atomic mass is 10.0. The van der Waals surface area contributed by atoms with Gasteiger partial charge in [0.2, 0.25) is 35.4 Å². The number of benzene rings is 2. The van der Waals surface area contributed by atoms with E-state index in [1.54, 1.807) is 44.2 Å². The van der Waals surface area contributed by atoms with Crippen molar-refractivity contribution in [3.63, 3.8) is 0 Å². The summed E-state index contributed by atoms with van der Waals surface area (Å²) in [5.41, 5.74) is 11.8. The predicted molar refractivity (Wildman–Crippen MR) is 225 cm³/mol. The summed E-state index contributed by atoms with van der Waals surface area (Å²) in [6, 6.07) is 4.83. The topological polar surface area (TPSA) is 371 Å². The molecular weight excluding hydrogens is 827 g/mol. The Kier molecular flexibility index (Phi) is 21.5. The smallest absolute Gasteiger partial charge is 0.326 e. The van der Waals surface area contributed by atoms with Crippen molar-refractivity contribution in [1.82, 2.24) is 31.9 Å². The van der Waals surface area contributed by atoms with E-state index in [0.29, 0.717) is 11.1 Å². The number of phenols is 1. The van der Waals surface area contributed by atoms with Crippen molar-refractivity contribution in [1.29, 1.82) is 0 Å². The lowest BCUT2D eigenvalue weighted by Gasteiger charge is -2.27. The summed E-state index contributed by atoms with van der Waals surface area (Å²) in [6.07, 6.45) is -2.28. The van der Waals surface area contributed by atoms with Crippen LogP contribution >= 0.6 is 0 Å². The number of carbonyl (C=O) groups is 9. The first-order chi connectivity index (χ1) is 29.6. The van der Waals surface area contributed by atoms with Crippen molar-refractivity contribution in [2.24, 2.45) is 22.4 Å². The number of carbonyl (C=O) groups excluding carboxylic acids is 6. The van der Waals surface area contributed by atoms with Crippen LogP contribution in [0, 0.1) is 5.92 Å². The Morgan fingerprint density at radius 1 is 0.587 bits per heavy atom. The summed E-state index contributed by atoms with van der Waals surface area (Å²) in [4.78, 5) is 120. The molecule has 22 heteroatoms. The summed E-state index contributed by atoms with van der Waals surface area (Å²) < 4.78 is 0. The summed E-state index contributed by atoms with van der Waals surface area (Å²) in [5.74, 6) is -10.3. The van der Waals surface area contributed by atoms with E-state index in [-0.39, 0.29) is 56.3 Å². The van der Waals surface area contributed by atoms with Gasteiger partial charge in [-0.1, -0.05) is 56.3 Å². The predicted octanol–water partition coefficient (Wildman–Crippen LogP) is -1.37. The molecule has 344 valence electrons. The Bertz CT molecular complexity index is 1940. The molecule has 22 nitrogen and oxygen atoms in total. The molecule has 0 aliphatic heterocycles. The number of guanidine groups is 1. The third kappa shape index (κ3) is 20.2. The van der Waals surface area contributed by atoms with Gasteiger partial charge in [-0.05, 0) is 54.9 Å². The monoisotopic (exact) mass is 883 g/mol. The number of carboxylic acid groups (broad SMARTS) is 3. The number of aliphatic carboxylic acids is 3. The van der Waals surface area contributed by atoms with E-state index in [4.69, 9.17) is 16.6 Å². The zero-order valence-electron chi connectivity index (χ0n) is 35.2. The molecule has 2 aromatic rings. The van der Waals surface area contributed by atoms with Gasteiger partial charge in [-0.15, -0.1) is 0 Å². The molecule has 0 bridgehead atoms. The number of nitrogens with one attached hydrogen (secondary N) is 6. The average Bonchev–Trinajstić information content (AvgIpc) is 3.19. The number of hydrogen-bond acceptors (Lipinski definition) is 11. The van der Waals surface area contributed by atoms with Gasteiger partial charge in [0.1, 0.15) is 42.0 Å². The van der Waals surface area contributed by atoms with Gasteiger partial charge in [0.25, 0.3) is 0 Å². The largest absolute Gasteiger partial charge is 0.508 e. The summed E-state index contributed by atoms with van der Waals surface area (Å²) in [7, 11) is 0. The maximum Gasteiger partial charge on any atom is 0.326 e. The molecule has 0 spiro atoms. The number of hydrogen-bond donors (Lipinski definition) is 12. The molecule has 63 heavy (non-hydrogen) atoms. The third-order valence-corrected chi connectivity index (χ3v) is 9.18. The second kappa shape index (κ2) is 26.2. The minimum Gasteiger partial charge on any atom is -0.508 e. The molecular formula is C41H57N9O13. The van der Waals surface area contributed by atoms with Gasteiger partial charge in [-0.2, -0.15) is 0 Å². The van der Waals surface area contributed by atoms with Crippen LogP contribution in [0.25, 0.3) is 0 Å². The summed E-state index contributed by atoms with van der Waals surface area (Å²) >= 11 is 0. The molecule has 0 aliphatic carbocycles. The van der Waals surface area contributed by atoms with Gasteiger partial charge in [0.15, 0.2) is 5.96 Å². The second-order valence-electron chi connectivity index (χ2n) is 15.1. The van der Waals surface area contributed by atoms with Gasteiger partial charge in [-0.25, -0.2) is 4.79 Å². The van der Waals surface area contributed by atoms with Crippen LogP contribution in [-0.4, -0.2) is 123 Å². The minimum atomic E-state index is -1.86. The maximum atomic E-state index is 14.3. The molecule has 2 rings (SSSR count). The second-order valence-corrected chi connectivity index (χ2v) is 15.1. The number of nitrogens with two attached hydrogens (primary N) is 2. The van der Waals surface area contributed by atoms with E-state index < -0.39 is 109 Å². The molecule has 2 aromatic carbocycles. The lowest BCUT2D eigenvalue weighted by Crippen LogP contribution is -2.60. The van der Waals surface area contributed by atoms with Crippen molar-refractivity contribution < 1.29 is 63.6 Å². The van der Waals surface area contributed by atoms with Crippen molar-refractivity contribution in [2.45, 2.75) is 108 Å². The molecule has 6 amide bonds. The van der Waals surface area contributed by atoms with Crippen molar-refractivity contribution in [3.8, 4) is 5.75 Å². The Morgan fingerprint density at radius 2 is 1.05 bits per heavy atom. The molecule has 0 unspecified atom stereocenters. The van der Waals surface area contributed by atoms with Gasteiger partial charge in [0, 0.05) is 32.7 Å². The zero-order valence-corrected chi connectivity index (χ0v) is 35.2. The van der Waals surface area contributed by atoms with Crippen LogP contribution in [0.15, 0.2) is 59.6 Å². The molecule has 0 saturated carbocycles. The van der Waals surface area contributed by atoms with E-state index >= 15 is 0 Å². The summed E-state index contributed by atoms with van der Waals surface area (Å²) in [5, 5.41) is 53.0. The van der Waals surface area contributed by atoms with E-state index in [1.165, 1.54) is 24.3 Å². The molecule has 0 aliphatic rings. The van der Waals surface area contributed by atoms with Gasteiger partial charge in [0.05, 0.1) is 6.42 Å². The van der Waals surface area contributed by atoms with Crippen molar-refractivity contribution >= 4 is 59.3 Å². The minimum absolute atomic E-state index is 0.0543. The molecule has 0 heterocycles. The number of aliphatic imine (C=N–C) groups is 1. The van der Waals surface area contributed by atoms with Crippen LogP contribution in [0.2, 0.25) is 0 Å². The fraction of sp³-hybridized carbons (Fsp3) is 0.463. The maximum absolute atomic E-state index is 14.3. The first-order valence-electron chi connectivity index (χ1n) is 20.0. The molecule has 14 N–H and O–H groups in total. The number of amides is 6. The zero-order chi connectivity index (χ0) is 47.2. The van der Waals surface area contributed by atoms with E-state index in [9.17, 15) is 58.5 Å². The average molecular weight is 884 g/mol. The normalized spacial score (nSPS) is 13.7. The van der Waals surface area contributed by atoms with Gasteiger partial charge in [-0.3, -0.25) is 43.3 Å². The highest BCUT2D eigenvalue weighted by Gasteiger charge is 2.34. The van der Waals surface area contributed by atoms with Crippen LogP contribution in [0.3, 0.4) is 0 Å². The number of aromatic hydroxyl groups is 1. The van der Waals surface area contributed by atoms with Crippen LogP contribution in [0.1, 0.15) is 70.4 Å². The Morgan fingerprint density at radius 3 is 1.52 bits per heavy atom. The Labute approximate surface area is 363 Å². The Balaban J connectivity index is 2.54. The Hall–Kier alpha value is -7.26. The number of rotatable bonds is 27. The molecule has 0 radical (unpaired) electrons. The van der Waals surface area contributed by atoms with Crippen LogP contribution < -0.4 is 43.4 Å². The quantitative estimate of drug-likeness (QED) is 0.0280. The van der Waals surface area contributed by atoms with Crippen LogP contribution in [0.4, 0.5) is 0 Å². The van der Waals surface area contributed by atoms with E-state index in [2.05, 4.69) is 36.9 Å². The molecule has 0 saturated heterocycles. The standard InChI is InChI=1S/C41H57N9O13/c1-22(2)18-32(40(62)63)50-35(57)27(10-7-17-44-41(42)43)46-37(59)29(19-24-8-5-4-6-9-24)47-38(60)30(20-25-11-13-26(52)14-12-25)48-39(61)31(21-34(55)56)49-36(58)28(45-23(3)51)15-16-33(53)54/h4-6,8-9,11-14,22,27-32,52H,7,10,15-21H2,1-3H3,(H,45,51)(H,46,59)(H,47,60)(H,48,61)(H,49,58)(H,50,57)(H,53,54)(H,55,56)(H,62,63)(H4,42,43,44)/t27-,28-,29-,30-,31-,32-/m0/s1. The first kappa shape index (κ1) is 51.9. The number of nitrogens with zero attached hydrogens (tertiary/aromatic N) is 1. The third-order valence-electron chi connectivity index (χ3n) is 9.18. The lowest BCUT2D eigenvalue weighted by molar-refractivity contribution is -0.143. The van der Waals surface area contributed by atoms with Crippen LogP contribution in [-0.2, 0) is 56.0 Å². The highest BCUT2D eigenvalue weighted by atomic mass is 16.4. The first-order valence-corrected chi connectivity index (χ1v) is 20.0. The van der Waals surface area contributed by atoms with Gasteiger partial charge >= 0.3 is 17.9 Å². The fourth-order valence-electron chi connectivity index (χ4n) is 6.13. The van der Waals surface area contributed by atoms with Crippen molar-refractivity contribution in [3.05, 3.63) is 65.7 Å². The highest BCUT2D eigenvalue weighted by molar-refractivity contribution is 5.98. The summed E-state index contributed by atoms with van der Waals surface area (Å²) in [6.45, 7) is 4.65. The van der Waals surface area contributed by atoms with Crippen molar-refractivity contribution in [2.75, 3.05) is 6.54 Å². The van der Waals surface area contributed by atoms with Crippen LogP contribution in [0.5, 0.6) is 5.75 Å². The highest BCUT2D eigenvalue weighted by Crippen LogP contribution is 2.14. The number of phenolic OH excluding ortho intramolecular Hbond substituents is 1. The van der Waals surface area contributed by atoms with E-state index in [1.807, 2.05) is 0 Å². The SMILES string of the molecule is CC(=O)N[C@@H](CCC(=O)O)C(=O)N[C@@H](CC(=O)O)C(=O)N[C@@H](Cc1ccc(O)cc1)C(=O)N[C@@H](Cc1ccccc1)C(=O)N[C@@H](CCCN=C(N)N)C(=O)N[C@@H](CC(C)C)C(=O)O. The fourth-order valence-corrected chi connectivity index (χ4v) is 6.13.